The minimum atomic E-state index is -0.303. The Bertz CT molecular complexity index is 1090. The lowest BCUT2D eigenvalue weighted by Crippen LogP contribution is -2.06. The van der Waals surface area contributed by atoms with E-state index in [1.54, 1.807) is 12.1 Å². The van der Waals surface area contributed by atoms with Crippen molar-refractivity contribution in [1.29, 1.82) is 0 Å². The molecule has 0 fully saturated rings. The predicted molar refractivity (Wildman–Crippen MR) is 109 cm³/mol. The molecule has 0 aliphatic heterocycles. The highest BCUT2D eigenvalue weighted by molar-refractivity contribution is 5.84. The van der Waals surface area contributed by atoms with Crippen molar-refractivity contribution < 1.29 is 9.13 Å². The number of rotatable bonds is 8. The number of aromatic nitrogens is 4. The van der Waals surface area contributed by atoms with E-state index >= 15 is 0 Å². The highest BCUT2D eigenvalue weighted by atomic mass is 19.1. The van der Waals surface area contributed by atoms with E-state index in [4.69, 9.17) is 9.72 Å². The molecule has 0 saturated heterocycles. The van der Waals surface area contributed by atoms with Crippen molar-refractivity contribution >= 4 is 22.3 Å². The van der Waals surface area contributed by atoms with Crippen molar-refractivity contribution in [1.82, 2.24) is 19.5 Å². The first-order chi connectivity index (χ1) is 13.8. The van der Waals surface area contributed by atoms with Crippen molar-refractivity contribution in [3.05, 3.63) is 54.3 Å². The molecule has 0 saturated carbocycles. The quantitative estimate of drug-likeness (QED) is 0.405. The number of para-hydroxylation sites is 2. The molecule has 2 heterocycles. The predicted octanol–water partition coefficient (Wildman–Crippen LogP) is 4.99. The molecule has 0 unspecified atom stereocenters. The van der Waals surface area contributed by atoms with Gasteiger partial charge in [-0.1, -0.05) is 37.6 Å². The molecule has 0 bridgehead atoms. The number of fused-ring (bicyclic) bond motifs is 2. The first-order valence-corrected chi connectivity index (χ1v) is 9.73. The lowest BCUT2D eigenvalue weighted by molar-refractivity contribution is 0.126. The van der Waals surface area contributed by atoms with Crippen LogP contribution in [0.1, 0.15) is 26.2 Å². The van der Waals surface area contributed by atoms with Gasteiger partial charge in [-0.15, -0.1) is 0 Å². The van der Waals surface area contributed by atoms with Crippen LogP contribution in [0.25, 0.3) is 33.7 Å². The summed E-state index contributed by atoms with van der Waals surface area (Å²) < 4.78 is 22.1. The van der Waals surface area contributed by atoms with Crippen LogP contribution in [0, 0.1) is 5.82 Å². The Morgan fingerprint density at radius 2 is 1.61 bits per heavy atom. The van der Waals surface area contributed by atoms with Gasteiger partial charge < -0.3 is 9.30 Å². The van der Waals surface area contributed by atoms with E-state index in [1.807, 2.05) is 34.9 Å². The van der Waals surface area contributed by atoms with Crippen molar-refractivity contribution in [2.24, 2.45) is 0 Å². The van der Waals surface area contributed by atoms with E-state index in [0.29, 0.717) is 35.8 Å². The molecule has 144 valence electrons. The van der Waals surface area contributed by atoms with E-state index in [-0.39, 0.29) is 5.82 Å². The largest absolute Gasteiger partial charge is 0.381 e. The van der Waals surface area contributed by atoms with E-state index in [0.717, 1.165) is 36.9 Å². The van der Waals surface area contributed by atoms with Gasteiger partial charge in [-0.2, -0.15) is 0 Å². The summed E-state index contributed by atoms with van der Waals surface area (Å²) in [5, 5.41) is 0. The zero-order valence-corrected chi connectivity index (χ0v) is 15.9. The lowest BCUT2D eigenvalue weighted by atomic mass is 10.2. The number of nitrogens with zero attached hydrogens (tertiary/aromatic N) is 4. The van der Waals surface area contributed by atoms with Crippen LogP contribution in [0.2, 0.25) is 0 Å². The van der Waals surface area contributed by atoms with Gasteiger partial charge in [-0.3, -0.25) is 0 Å². The maximum atomic E-state index is 14.5. The normalized spacial score (nSPS) is 11.5. The van der Waals surface area contributed by atoms with Crippen LogP contribution in [0.4, 0.5) is 4.39 Å². The summed E-state index contributed by atoms with van der Waals surface area (Å²) in [4.78, 5) is 14.0. The molecule has 2 aromatic carbocycles. The van der Waals surface area contributed by atoms with Crippen LogP contribution in [0.5, 0.6) is 0 Å². The molecule has 4 aromatic rings. The minimum Gasteiger partial charge on any atom is -0.381 e. The first-order valence-electron chi connectivity index (χ1n) is 9.73. The van der Waals surface area contributed by atoms with Crippen LogP contribution in [0.15, 0.2) is 48.5 Å². The summed E-state index contributed by atoms with van der Waals surface area (Å²) >= 11 is 0. The number of ether oxygens (including phenoxy) is 1. The third kappa shape index (κ3) is 3.73. The Labute approximate surface area is 163 Å². The highest BCUT2D eigenvalue weighted by Gasteiger charge is 2.18. The molecule has 5 nitrogen and oxygen atoms in total. The number of halogens is 1. The summed E-state index contributed by atoms with van der Waals surface area (Å²) in [7, 11) is 0. The van der Waals surface area contributed by atoms with Crippen molar-refractivity contribution in [3.8, 4) is 11.4 Å². The van der Waals surface area contributed by atoms with E-state index in [1.165, 1.54) is 6.07 Å². The smallest absolute Gasteiger partial charge is 0.198 e. The lowest BCUT2D eigenvalue weighted by Gasteiger charge is -2.10. The zero-order chi connectivity index (χ0) is 19.3. The van der Waals surface area contributed by atoms with Gasteiger partial charge in [-0.25, -0.2) is 19.3 Å². The zero-order valence-electron chi connectivity index (χ0n) is 15.9. The number of unbranched alkanes of at least 4 members (excludes halogenated alkanes) is 1. The average molecular weight is 378 g/mol. The Kier molecular flexibility index (Phi) is 5.58. The SMILES string of the molecule is CCCCOCCCn1c(-c2ccccc2F)nc2nc3ccccc3nc21. The molecule has 6 heteroatoms. The van der Waals surface area contributed by atoms with Gasteiger partial charge >= 0.3 is 0 Å². The monoisotopic (exact) mass is 378 g/mol. The molecule has 0 N–H and O–H groups in total. The molecule has 2 aromatic heterocycles. The van der Waals surface area contributed by atoms with E-state index in [2.05, 4.69) is 16.9 Å². The van der Waals surface area contributed by atoms with Gasteiger partial charge in [0, 0.05) is 19.8 Å². The Morgan fingerprint density at radius 3 is 2.39 bits per heavy atom. The topological polar surface area (TPSA) is 52.8 Å². The number of benzene rings is 2. The third-order valence-corrected chi connectivity index (χ3v) is 4.68. The highest BCUT2D eigenvalue weighted by Crippen LogP contribution is 2.26. The molecular weight excluding hydrogens is 355 g/mol. The van der Waals surface area contributed by atoms with E-state index in [9.17, 15) is 4.39 Å². The van der Waals surface area contributed by atoms with Crippen LogP contribution in [-0.2, 0) is 11.3 Å². The number of imidazole rings is 1. The molecule has 4 rings (SSSR count). The van der Waals surface area contributed by atoms with Gasteiger partial charge in [0.05, 0.1) is 16.6 Å². The molecule has 0 amide bonds. The van der Waals surface area contributed by atoms with Crippen LogP contribution in [-0.4, -0.2) is 32.7 Å². The number of hydrogen-bond acceptors (Lipinski definition) is 4. The standard InChI is InChI=1S/C22H23FN4O/c1-2-3-14-28-15-8-13-27-21(16-9-4-5-10-17(16)23)26-20-22(27)25-19-12-7-6-11-18(19)24-20/h4-7,9-12H,2-3,8,13-15H2,1H3. The average Bonchev–Trinajstić information content (AvgIpc) is 3.06. The first kappa shape index (κ1) is 18.5. The van der Waals surface area contributed by atoms with Gasteiger partial charge in [0.2, 0.25) is 0 Å². The van der Waals surface area contributed by atoms with Gasteiger partial charge in [-0.05, 0) is 37.1 Å². The molecule has 0 atom stereocenters. The summed E-state index contributed by atoms with van der Waals surface area (Å²) in [5.74, 6) is 0.250. The Balaban J connectivity index is 1.73. The molecule has 0 aliphatic carbocycles. The summed E-state index contributed by atoms with van der Waals surface area (Å²) in [6, 6.07) is 14.4. The maximum Gasteiger partial charge on any atom is 0.198 e. The van der Waals surface area contributed by atoms with Gasteiger partial charge in [0.25, 0.3) is 0 Å². The van der Waals surface area contributed by atoms with E-state index < -0.39 is 0 Å². The number of aryl methyl sites for hydroxylation is 1. The summed E-state index contributed by atoms with van der Waals surface area (Å²) in [5.41, 5.74) is 3.24. The maximum absolute atomic E-state index is 14.5. The van der Waals surface area contributed by atoms with Crippen molar-refractivity contribution in [3.63, 3.8) is 0 Å². The summed E-state index contributed by atoms with van der Waals surface area (Å²) in [6.07, 6.45) is 2.98. The Morgan fingerprint density at radius 1 is 0.893 bits per heavy atom. The molecule has 28 heavy (non-hydrogen) atoms. The van der Waals surface area contributed by atoms with Gasteiger partial charge in [0.15, 0.2) is 11.3 Å². The molecule has 0 spiro atoms. The van der Waals surface area contributed by atoms with Gasteiger partial charge in [0.1, 0.15) is 11.6 Å². The number of hydrogen-bond donors (Lipinski definition) is 0. The van der Waals surface area contributed by atoms with Crippen molar-refractivity contribution in [2.75, 3.05) is 13.2 Å². The fraction of sp³-hybridized carbons (Fsp3) is 0.318. The molecular formula is C22H23FN4O. The second-order valence-electron chi connectivity index (χ2n) is 6.75. The second-order valence-corrected chi connectivity index (χ2v) is 6.75. The van der Waals surface area contributed by atoms with Crippen LogP contribution >= 0.6 is 0 Å². The second kappa shape index (κ2) is 8.44. The summed E-state index contributed by atoms with van der Waals surface area (Å²) in [6.45, 7) is 4.20. The Hall–Kier alpha value is -2.86. The molecule has 0 radical (unpaired) electrons. The molecule has 0 aliphatic rings. The fourth-order valence-corrected chi connectivity index (χ4v) is 3.23. The third-order valence-electron chi connectivity index (χ3n) is 4.68. The van der Waals surface area contributed by atoms with Crippen LogP contribution < -0.4 is 0 Å². The minimum absolute atomic E-state index is 0.303. The van der Waals surface area contributed by atoms with Crippen LogP contribution in [0.3, 0.4) is 0 Å². The fourth-order valence-electron chi connectivity index (χ4n) is 3.23. The van der Waals surface area contributed by atoms with Crippen molar-refractivity contribution in [2.45, 2.75) is 32.7 Å².